The first-order valence-electron chi connectivity index (χ1n) is 9.41. The number of halogens is 1. The normalized spacial score (nSPS) is 19.4. The van der Waals surface area contributed by atoms with E-state index in [1.165, 1.54) is 28.0 Å². The molecule has 2 aliphatic rings. The molecule has 9 nitrogen and oxygen atoms in total. The highest BCUT2D eigenvalue weighted by Crippen LogP contribution is 2.31. The van der Waals surface area contributed by atoms with Gasteiger partial charge in [0.1, 0.15) is 11.4 Å². The molecule has 0 unspecified atom stereocenters. The SMILES string of the molecule is C[C@@H]1CCc2ncc(F)cc2N2CCC(=O)N2c2ccn3ncc(c3n2)C(=O)N1. The average molecular weight is 395 g/mol. The molecule has 2 bridgehead atoms. The fraction of sp³-hybridized carbons (Fsp3) is 0.316. The molecular weight excluding hydrogens is 377 g/mol. The maximum absolute atomic E-state index is 14.0. The fourth-order valence-electron chi connectivity index (χ4n) is 3.76. The summed E-state index contributed by atoms with van der Waals surface area (Å²) in [6, 6.07) is 2.89. The lowest BCUT2D eigenvalue weighted by molar-refractivity contribution is -0.117. The molecule has 2 aliphatic heterocycles. The van der Waals surface area contributed by atoms with E-state index >= 15 is 0 Å². The first-order chi connectivity index (χ1) is 14.0. The van der Waals surface area contributed by atoms with E-state index in [0.29, 0.717) is 47.8 Å². The minimum atomic E-state index is -0.477. The van der Waals surface area contributed by atoms with Crippen LogP contribution in [-0.4, -0.2) is 44.0 Å². The van der Waals surface area contributed by atoms with Crippen LogP contribution < -0.4 is 15.3 Å². The third kappa shape index (κ3) is 2.87. The van der Waals surface area contributed by atoms with E-state index in [9.17, 15) is 14.0 Å². The molecule has 1 saturated heterocycles. The van der Waals surface area contributed by atoms with Crippen LogP contribution in [0.15, 0.2) is 30.7 Å². The lowest BCUT2D eigenvalue weighted by Crippen LogP contribution is -2.40. The van der Waals surface area contributed by atoms with Gasteiger partial charge < -0.3 is 5.32 Å². The molecule has 29 heavy (non-hydrogen) atoms. The van der Waals surface area contributed by atoms with Crippen molar-refractivity contribution < 1.29 is 14.0 Å². The maximum atomic E-state index is 14.0. The summed E-state index contributed by atoms with van der Waals surface area (Å²) in [5, 5.41) is 10.3. The van der Waals surface area contributed by atoms with Gasteiger partial charge in [0.25, 0.3) is 5.91 Å². The van der Waals surface area contributed by atoms with E-state index in [4.69, 9.17) is 0 Å². The standard InChI is InChI=1S/C19H18FN7O2/c1-11-2-3-14-15(8-12(20)9-21-14)26-7-5-17(28)27(26)16-4-6-25-18(24-16)13(10-22-25)19(29)23-11/h4,6,8-11H,2-3,5,7H2,1H3,(H,23,29)/t11-/m1/s1. The van der Waals surface area contributed by atoms with Gasteiger partial charge in [0.15, 0.2) is 11.5 Å². The van der Waals surface area contributed by atoms with Gasteiger partial charge in [-0.2, -0.15) is 5.10 Å². The highest BCUT2D eigenvalue weighted by atomic mass is 19.1. The summed E-state index contributed by atoms with van der Waals surface area (Å²) in [5.74, 6) is -0.577. The molecule has 10 heteroatoms. The Hall–Kier alpha value is -3.56. The van der Waals surface area contributed by atoms with Crippen molar-refractivity contribution in [2.45, 2.75) is 32.2 Å². The first kappa shape index (κ1) is 17.5. The van der Waals surface area contributed by atoms with Crippen LogP contribution in [-0.2, 0) is 11.2 Å². The smallest absolute Gasteiger partial charge is 0.256 e. The van der Waals surface area contributed by atoms with Crippen LogP contribution in [0.25, 0.3) is 5.65 Å². The number of rotatable bonds is 0. The lowest BCUT2D eigenvalue weighted by atomic mass is 10.1. The second-order valence-electron chi connectivity index (χ2n) is 7.22. The van der Waals surface area contributed by atoms with Crippen LogP contribution >= 0.6 is 0 Å². The maximum Gasteiger partial charge on any atom is 0.256 e. The van der Waals surface area contributed by atoms with Gasteiger partial charge in [-0.15, -0.1) is 0 Å². The van der Waals surface area contributed by atoms with E-state index in [0.717, 1.165) is 0 Å². The van der Waals surface area contributed by atoms with Crippen molar-refractivity contribution in [3.63, 3.8) is 0 Å². The van der Waals surface area contributed by atoms with Gasteiger partial charge >= 0.3 is 0 Å². The average Bonchev–Trinajstić information content (AvgIpc) is 3.29. The van der Waals surface area contributed by atoms with E-state index in [-0.39, 0.29) is 24.3 Å². The summed E-state index contributed by atoms with van der Waals surface area (Å²) < 4.78 is 15.5. The van der Waals surface area contributed by atoms with Gasteiger partial charge in [-0.1, -0.05) is 0 Å². The van der Waals surface area contributed by atoms with Gasteiger partial charge in [-0.05, 0) is 19.8 Å². The molecule has 2 amide bonds. The predicted molar refractivity (Wildman–Crippen MR) is 102 cm³/mol. The van der Waals surface area contributed by atoms with Gasteiger partial charge in [0.05, 0.1) is 23.8 Å². The van der Waals surface area contributed by atoms with E-state index in [1.807, 2.05) is 6.92 Å². The molecule has 3 aromatic rings. The van der Waals surface area contributed by atoms with Crippen LogP contribution in [0, 0.1) is 5.82 Å². The summed E-state index contributed by atoms with van der Waals surface area (Å²) in [7, 11) is 0. The molecule has 1 N–H and O–H groups in total. The molecule has 0 spiro atoms. The van der Waals surface area contributed by atoms with Crippen LogP contribution in [0.1, 0.15) is 35.8 Å². The van der Waals surface area contributed by atoms with Crippen molar-refractivity contribution in [2.24, 2.45) is 0 Å². The number of carbonyl (C=O) groups is 2. The number of hydrogen-bond donors (Lipinski definition) is 1. The third-order valence-electron chi connectivity index (χ3n) is 5.21. The van der Waals surface area contributed by atoms with Crippen LogP contribution in [0.2, 0.25) is 0 Å². The van der Waals surface area contributed by atoms with Crippen LogP contribution in [0.4, 0.5) is 15.9 Å². The zero-order chi connectivity index (χ0) is 20.1. The predicted octanol–water partition coefficient (Wildman–Crippen LogP) is 1.49. The number of aryl methyl sites for hydroxylation is 1. The van der Waals surface area contributed by atoms with Gasteiger partial charge in [0.2, 0.25) is 5.91 Å². The number of aromatic nitrogens is 4. The molecule has 5 heterocycles. The third-order valence-corrected chi connectivity index (χ3v) is 5.21. The Kier molecular flexibility index (Phi) is 3.93. The van der Waals surface area contributed by atoms with E-state index in [1.54, 1.807) is 17.3 Å². The van der Waals surface area contributed by atoms with Gasteiger partial charge in [-0.3, -0.25) is 19.6 Å². The molecular formula is C19H18FN7O2. The summed E-state index contributed by atoms with van der Waals surface area (Å²) >= 11 is 0. The number of hydrazine groups is 1. The Morgan fingerprint density at radius 2 is 2.10 bits per heavy atom. The van der Waals surface area contributed by atoms with Crippen molar-refractivity contribution in [1.82, 2.24) is 24.9 Å². The number of amides is 2. The summed E-state index contributed by atoms with van der Waals surface area (Å²) in [5.41, 5.74) is 1.88. The van der Waals surface area contributed by atoms with Crippen molar-refractivity contribution in [3.8, 4) is 0 Å². The highest BCUT2D eigenvalue weighted by molar-refractivity contribution is 6.01. The Bertz CT molecular complexity index is 1140. The van der Waals surface area contributed by atoms with Gasteiger partial charge in [0, 0.05) is 37.3 Å². The molecule has 0 saturated carbocycles. The zero-order valence-electron chi connectivity index (χ0n) is 15.7. The van der Waals surface area contributed by atoms with Crippen molar-refractivity contribution >= 4 is 29.0 Å². The number of hydrogen-bond acceptors (Lipinski definition) is 6. The van der Waals surface area contributed by atoms with Crippen LogP contribution in [0.3, 0.4) is 0 Å². The second-order valence-corrected chi connectivity index (χ2v) is 7.22. The molecule has 0 radical (unpaired) electrons. The van der Waals surface area contributed by atoms with Crippen molar-refractivity contribution in [1.29, 1.82) is 0 Å². The zero-order valence-corrected chi connectivity index (χ0v) is 15.7. The number of fused-ring (bicyclic) bond motifs is 5. The molecule has 0 aliphatic carbocycles. The number of pyridine rings is 1. The minimum Gasteiger partial charge on any atom is -0.349 e. The van der Waals surface area contributed by atoms with E-state index in [2.05, 4.69) is 20.4 Å². The molecule has 5 rings (SSSR count). The summed E-state index contributed by atoms with van der Waals surface area (Å²) in [4.78, 5) is 34.2. The lowest BCUT2D eigenvalue weighted by Gasteiger charge is -2.30. The Morgan fingerprint density at radius 3 is 2.97 bits per heavy atom. The Balaban J connectivity index is 1.72. The number of nitrogens with one attached hydrogen (secondary N) is 1. The van der Waals surface area contributed by atoms with Gasteiger partial charge in [-0.25, -0.2) is 18.9 Å². The largest absolute Gasteiger partial charge is 0.349 e. The Labute approximate surface area is 165 Å². The monoisotopic (exact) mass is 395 g/mol. The summed E-state index contributed by atoms with van der Waals surface area (Å²) in [6.45, 7) is 2.29. The minimum absolute atomic E-state index is 0.141. The summed E-state index contributed by atoms with van der Waals surface area (Å²) in [6.07, 6.45) is 5.67. The number of anilines is 2. The number of nitrogens with zero attached hydrogens (tertiary/aromatic N) is 6. The fourth-order valence-corrected chi connectivity index (χ4v) is 3.76. The first-order valence-corrected chi connectivity index (χ1v) is 9.41. The Morgan fingerprint density at radius 1 is 1.24 bits per heavy atom. The van der Waals surface area contributed by atoms with Crippen LogP contribution in [0.5, 0.6) is 0 Å². The number of carbonyl (C=O) groups excluding carboxylic acids is 2. The van der Waals surface area contributed by atoms with Crippen molar-refractivity contribution in [2.75, 3.05) is 16.6 Å². The quantitative estimate of drug-likeness (QED) is 0.620. The second kappa shape index (κ2) is 6.50. The highest BCUT2D eigenvalue weighted by Gasteiger charge is 2.34. The topological polar surface area (TPSA) is 95.7 Å². The molecule has 0 aromatic carbocycles. The van der Waals surface area contributed by atoms with E-state index < -0.39 is 5.82 Å². The molecule has 1 fully saturated rings. The molecule has 148 valence electrons. The molecule has 3 aromatic heterocycles. The van der Waals surface area contributed by atoms with Crippen molar-refractivity contribution in [3.05, 3.63) is 47.8 Å². The molecule has 1 atom stereocenters.